The van der Waals surface area contributed by atoms with E-state index in [1.807, 2.05) is 30.3 Å². The lowest BCUT2D eigenvalue weighted by Gasteiger charge is -2.11. The first kappa shape index (κ1) is 18.1. The molecule has 7 nitrogen and oxygen atoms in total. The van der Waals surface area contributed by atoms with Gasteiger partial charge in [0.25, 0.3) is 0 Å². The third-order valence-corrected chi connectivity index (χ3v) is 5.78. The minimum atomic E-state index is -3.39. The average molecular weight is 373 g/mol. The molecule has 0 amide bonds. The molecule has 0 radical (unpaired) electrons. The zero-order chi connectivity index (χ0) is 18.6. The fourth-order valence-electron chi connectivity index (χ4n) is 2.54. The van der Waals surface area contributed by atoms with Crippen LogP contribution in [-0.4, -0.2) is 41.0 Å². The minimum absolute atomic E-state index is 0.0130. The molecule has 0 aliphatic carbocycles. The summed E-state index contributed by atoms with van der Waals surface area (Å²) in [6, 6.07) is 16.4. The van der Waals surface area contributed by atoms with Gasteiger partial charge in [-0.2, -0.15) is 0 Å². The van der Waals surface area contributed by atoms with Crippen LogP contribution in [-0.2, 0) is 21.1 Å². The second kappa shape index (κ2) is 7.65. The Labute approximate surface area is 151 Å². The normalized spacial score (nSPS) is 12.8. The molecule has 3 rings (SSSR count). The van der Waals surface area contributed by atoms with Crippen molar-refractivity contribution < 1.29 is 18.0 Å². The smallest absolute Gasteiger partial charge is 0.317 e. The zero-order valence-electron chi connectivity index (χ0n) is 14.3. The summed E-state index contributed by atoms with van der Waals surface area (Å²) in [5.74, 6) is -1.76. The summed E-state index contributed by atoms with van der Waals surface area (Å²) < 4.78 is 24.6. The molecule has 2 aromatic carbocycles. The van der Waals surface area contributed by atoms with E-state index in [9.17, 15) is 13.2 Å². The summed E-state index contributed by atoms with van der Waals surface area (Å²) in [5, 5.41) is 7.65. The highest BCUT2D eigenvalue weighted by Gasteiger charge is 2.24. The van der Waals surface area contributed by atoms with Crippen molar-refractivity contribution in [2.45, 2.75) is 13.3 Å². The van der Waals surface area contributed by atoms with Crippen LogP contribution in [0.25, 0.3) is 11.0 Å². The van der Waals surface area contributed by atoms with Gasteiger partial charge in [-0.05, 0) is 29.3 Å². The highest BCUT2D eigenvalue weighted by molar-refractivity contribution is 7.91. The lowest BCUT2D eigenvalue weighted by molar-refractivity contribution is -0.148. The molecule has 0 N–H and O–H groups in total. The first-order chi connectivity index (χ1) is 12.4. The van der Waals surface area contributed by atoms with E-state index in [2.05, 4.69) is 10.3 Å². The molecule has 0 aliphatic rings. The quantitative estimate of drug-likeness (QED) is 0.585. The van der Waals surface area contributed by atoms with E-state index in [4.69, 9.17) is 4.84 Å². The first-order valence-electron chi connectivity index (χ1n) is 8.21. The number of aryl methyl sites for hydroxylation is 1. The summed E-state index contributed by atoms with van der Waals surface area (Å²) in [5.41, 5.74) is 2.07. The molecular weight excluding hydrogens is 354 g/mol. The van der Waals surface area contributed by atoms with E-state index in [0.717, 1.165) is 10.4 Å². The fourth-order valence-corrected chi connectivity index (χ4v) is 4.15. The lowest BCUT2D eigenvalue weighted by Crippen LogP contribution is -2.31. The second-order valence-electron chi connectivity index (χ2n) is 6.11. The Hall–Kier alpha value is -2.74. The van der Waals surface area contributed by atoms with Crippen molar-refractivity contribution in [2.24, 2.45) is 5.92 Å². The second-order valence-corrected chi connectivity index (χ2v) is 8.34. The van der Waals surface area contributed by atoms with E-state index in [1.165, 1.54) is 6.92 Å². The van der Waals surface area contributed by atoms with E-state index < -0.39 is 21.7 Å². The van der Waals surface area contributed by atoms with Crippen molar-refractivity contribution in [3.8, 4) is 0 Å². The maximum atomic E-state index is 12.3. The summed E-state index contributed by atoms with van der Waals surface area (Å²) >= 11 is 0. The van der Waals surface area contributed by atoms with Crippen molar-refractivity contribution in [3.05, 3.63) is 60.2 Å². The van der Waals surface area contributed by atoms with Gasteiger partial charge >= 0.3 is 5.97 Å². The number of para-hydroxylation sites is 1. The van der Waals surface area contributed by atoms with Gasteiger partial charge in [0.15, 0.2) is 9.84 Å². The van der Waals surface area contributed by atoms with Gasteiger partial charge in [0.05, 0.1) is 17.4 Å². The molecule has 1 atom stereocenters. The molecular formula is C18H19N3O4S. The zero-order valence-corrected chi connectivity index (χ0v) is 15.1. The minimum Gasteiger partial charge on any atom is -0.317 e. The Balaban J connectivity index is 1.59. The highest BCUT2D eigenvalue weighted by atomic mass is 32.2. The molecule has 0 aliphatic heterocycles. The molecule has 0 saturated carbocycles. The van der Waals surface area contributed by atoms with Gasteiger partial charge in [0.2, 0.25) is 0 Å². The largest absolute Gasteiger partial charge is 0.338 e. The molecule has 1 aromatic heterocycles. The van der Waals surface area contributed by atoms with Crippen LogP contribution in [0.15, 0.2) is 54.6 Å². The van der Waals surface area contributed by atoms with Crippen molar-refractivity contribution in [2.75, 3.05) is 11.5 Å². The number of rotatable bonds is 7. The number of carbonyl (C=O) groups excluding carboxylic acids is 1. The fraction of sp³-hybridized carbons (Fsp3) is 0.278. The maximum Gasteiger partial charge on any atom is 0.338 e. The number of nitrogens with zero attached hydrogens (tertiary/aromatic N) is 3. The molecule has 0 bridgehead atoms. The molecule has 0 saturated heterocycles. The van der Waals surface area contributed by atoms with Crippen LogP contribution in [0.1, 0.15) is 12.5 Å². The number of sulfone groups is 1. The molecule has 26 heavy (non-hydrogen) atoms. The Morgan fingerprint density at radius 2 is 1.81 bits per heavy atom. The van der Waals surface area contributed by atoms with Crippen LogP contribution in [0, 0.1) is 5.92 Å². The molecule has 0 spiro atoms. The average Bonchev–Trinajstić information content (AvgIpc) is 3.04. The van der Waals surface area contributed by atoms with Crippen LogP contribution in [0.4, 0.5) is 0 Å². The molecule has 8 heteroatoms. The number of benzene rings is 2. The Morgan fingerprint density at radius 3 is 2.58 bits per heavy atom. The number of fused-ring (bicyclic) bond motifs is 1. The van der Waals surface area contributed by atoms with Crippen LogP contribution >= 0.6 is 0 Å². The van der Waals surface area contributed by atoms with E-state index >= 15 is 0 Å². The van der Waals surface area contributed by atoms with Crippen molar-refractivity contribution in [1.29, 1.82) is 0 Å². The third kappa shape index (κ3) is 4.45. The van der Waals surface area contributed by atoms with Crippen molar-refractivity contribution >= 4 is 26.8 Å². The highest BCUT2D eigenvalue weighted by Crippen LogP contribution is 2.11. The van der Waals surface area contributed by atoms with Crippen LogP contribution in [0.5, 0.6) is 0 Å². The summed E-state index contributed by atoms with van der Waals surface area (Å²) in [4.78, 5) is 18.4. The summed E-state index contributed by atoms with van der Waals surface area (Å²) in [6.07, 6.45) is 0.415. The standard InChI is InChI=1S/C18H19N3O4S/c1-14(13-26(23,24)12-11-15-7-3-2-4-8-15)18(22)25-21-17-10-6-5-9-16(17)19-20-21/h2-10,14H,11-13H2,1H3. The van der Waals surface area contributed by atoms with Crippen LogP contribution in [0.3, 0.4) is 0 Å². The monoisotopic (exact) mass is 373 g/mol. The number of aromatic nitrogens is 3. The van der Waals surface area contributed by atoms with Gasteiger partial charge in [0.1, 0.15) is 11.0 Å². The van der Waals surface area contributed by atoms with Crippen LogP contribution < -0.4 is 4.84 Å². The van der Waals surface area contributed by atoms with Gasteiger partial charge in [-0.1, -0.05) is 54.2 Å². The predicted molar refractivity (Wildman–Crippen MR) is 97.1 cm³/mol. The molecule has 136 valence electrons. The molecule has 3 aromatic rings. The predicted octanol–water partition coefficient (Wildman–Crippen LogP) is 1.68. The third-order valence-electron chi connectivity index (χ3n) is 3.95. The Morgan fingerprint density at radius 1 is 1.12 bits per heavy atom. The van der Waals surface area contributed by atoms with E-state index in [-0.39, 0.29) is 11.5 Å². The van der Waals surface area contributed by atoms with E-state index in [0.29, 0.717) is 17.5 Å². The number of carbonyl (C=O) groups is 1. The van der Waals surface area contributed by atoms with Crippen molar-refractivity contribution in [3.63, 3.8) is 0 Å². The van der Waals surface area contributed by atoms with Gasteiger partial charge in [0, 0.05) is 0 Å². The first-order valence-corrected chi connectivity index (χ1v) is 10.0. The maximum absolute atomic E-state index is 12.3. The molecule has 1 unspecified atom stereocenters. The Kier molecular flexibility index (Phi) is 5.32. The number of hydrogen-bond donors (Lipinski definition) is 0. The van der Waals surface area contributed by atoms with Crippen LogP contribution in [0.2, 0.25) is 0 Å². The lowest BCUT2D eigenvalue weighted by atomic mass is 10.2. The van der Waals surface area contributed by atoms with Gasteiger partial charge in [-0.3, -0.25) is 0 Å². The van der Waals surface area contributed by atoms with E-state index in [1.54, 1.807) is 24.3 Å². The van der Waals surface area contributed by atoms with Crippen molar-refractivity contribution in [1.82, 2.24) is 15.2 Å². The van der Waals surface area contributed by atoms with Gasteiger partial charge in [-0.15, -0.1) is 5.10 Å². The SMILES string of the molecule is CC(CS(=O)(=O)CCc1ccccc1)C(=O)On1nnc2ccccc21. The molecule has 0 fully saturated rings. The Bertz CT molecular complexity index is 999. The number of hydrogen-bond acceptors (Lipinski definition) is 6. The van der Waals surface area contributed by atoms with Gasteiger partial charge in [-0.25, -0.2) is 13.2 Å². The summed E-state index contributed by atoms with van der Waals surface area (Å²) in [7, 11) is -3.39. The summed E-state index contributed by atoms with van der Waals surface area (Å²) in [6.45, 7) is 1.53. The van der Waals surface area contributed by atoms with Gasteiger partial charge < -0.3 is 4.84 Å². The molecule has 1 heterocycles. The topological polar surface area (TPSA) is 91.2 Å².